The van der Waals surface area contributed by atoms with E-state index in [1.807, 2.05) is 42.5 Å². The summed E-state index contributed by atoms with van der Waals surface area (Å²) in [6, 6.07) is 14.0. The van der Waals surface area contributed by atoms with E-state index in [4.69, 9.17) is 5.41 Å². The SMILES string of the molecule is N=C1C(=Cc2cccc3ccccc23)C(=O)N=C2SC(CCC3CCCCC3)=NN12. The Morgan fingerprint density at radius 1 is 1.10 bits per heavy atom. The van der Waals surface area contributed by atoms with Crippen LogP contribution >= 0.6 is 11.8 Å². The topological polar surface area (TPSA) is 68.9 Å². The van der Waals surface area contributed by atoms with E-state index in [1.54, 1.807) is 6.08 Å². The summed E-state index contributed by atoms with van der Waals surface area (Å²) < 4.78 is 0. The molecule has 1 saturated carbocycles. The summed E-state index contributed by atoms with van der Waals surface area (Å²) in [4.78, 5) is 17.0. The molecule has 0 radical (unpaired) electrons. The molecule has 6 heteroatoms. The van der Waals surface area contributed by atoms with Crippen LogP contribution in [-0.2, 0) is 4.79 Å². The molecule has 0 atom stereocenters. The lowest BCUT2D eigenvalue weighted by Gasteiger charge is -2.20. The molecular weight excluding hydrogens is 392 g/mol. The van der Waals surface area contributed by atoms with Gasteiger partial charge in [0.15, 0.2) is 5.84 Å². The summed E-state index contributed by atoms with van der Waals surface area (Å²) in [6.45, 7) is 0. The molecule has 1 fully saturated rings. The van der Waals surface area contributed by atoms with Gasteiger partial charge >= 0.3 is 0 Å². The first kappa shape index (κ1) is 19.2. The van der Waals surface area contributed by atoms with Crippen LogP contribution in [0.5, 0.6) is 0 Å². The van der Waals surface area contributed by atoms with E-state index < -0.39 is 0 Å². The molecule has 1 aliphatic carbocycles. The quantitative estimate of drug-likeness (QED) is 0.639. The van der Waals surface area contributed by atoms with Gasteiger partial charge in [-0.1, -0.05) is 74.6 Å². The summed E-state index contributed by atoms with van der Waals surface area (Å²) >= 11 is 1.44. The first-order valence-electron chi connectivity index (χ1n) is 10.7. The van der Waals surface area contributed by atoms with Crippen LogP contribution in [0.4, 0.5) is 0 Å². The number of rotatable bonds is 4. The van der Waals surface area contributed by atoms with Crippen LogP contribution in [0.3, 0.4) is 0 Å². The Bertz CT molecular complexity index is 1110. The van der Waals surface area contributed by atoms with Crippen LogP contribution in [0.2, 0.25) is 0 Å². The smallest absolute Gasteiger partial charge is 0.282 e. The van der Waals surface area contributed by atoms with Gasteiger partial charge in [-0.3, -0.25) is 10.2 Å². The Balaban J connectivity index is 1.38. The van der Waals surface area contributed by atoms with Crippen LogP contribution < -0.4 is 0 Å². The van der Waals surface area contributed by atoms with Crippen molar-refractivity contribution in [3.63, 3.8) is 0 Å². The van der Waals surface area contributed by atoms with Crippen molar-refractivity contribution in [2.24, 2.45) is 16.0 Å². The minimum absolute atomic E-state index is 0.109. The summed E-state index contributed by atoms with van der Waals surface area (Å²) in [7, 11) is 0. The minimum Gasteiger partial charge on any atom is -0.282 e. The van der Waals surface area contributed by atoms with E-state index in [0.717, 1.165) is 40.1 Å². The average Bonchev–Trinajstić information content (AvgIpc) is 3.19. The van der Waals surface area contributed by atoms with Crippen molar-refractivity contribution in [3.8, 4) is 0 Å². The monoisotopic (exact) mass is 416 g/mol. The molecular formula is C24H24N4OS. The first-order valence-corrected chi connectivity index (χ1v) is 11.5. The third-order valence-electron chi connectivity index (χ3n) is 6.11. The Kier molecular flexibility index (Phi) is 5.25. The lowest BCUT2D eigenvalue weighted by atomic mass is 9.86. The van der Waals surface area contributed by atoms with Crippen LogP contribution in [0.1, 0.15) is 50.5 Å². The number of aliphatic imine (C=N–C) groups is 1. The van der Waals surface area contributed by atoms with Crippen molar-refractivity contribution in [1.82, 2.24) is 5.01 Å². The van der Waals surface area contributed by atoms with E-state index in [0.29, 0.717) is 5.17 Å². The van der Waals surface area contributed by atoms with Gasteiger partial charge in [0.05, 0.1) is 5.57 Å². The third kappa shape index (κ3) is 3.72. The van der Waals surface area contributed by atoms with Gasteiger partial charge in [0.2, 0.25) is 5.17 Å². The molecule has 0 aromatic heterocycles. The molecule has 2 heterocycles. The normalized spacial score (nSPS) is 21.2. The van der Waals surface area contributed by atoms with Gasteiger partial charge in [-0.05, 0) is 52.9 Å². The van der Waals surface area contributed by atoms with Crippen molar-refractivity contribution < 1.29 is 4.79 Å². The Labute approximate surface area is 180 Å². The maximum Gasteiger partial charge on any atom is 0.283 e. The van der Waals surface area contributed by atoms with E-state index in [-0.39, 0.29) is 17.3 Å². The molecule has 5 rings (SSSR count). The number of hydrazone groups is 1. The summed E-state index contributed by atoms with van der Waals surface area (Å²) in [5, 5.41) is 18.4. The predicted octanol–water partition coefficient (Wildman–Crippen LogP) is 5.82. The van der Waals surface area contributed by atoms with Crippen molar-refractivity contribution in [2.45, 2.75) is 44.9 Å². The highest BCUT2D eigenvalue weighted by molar-refractivity contribution is 8.26. The zero-order chi connectivity index (χ0) is 20.5. The van der Waals surface area contributed by atoms with Gasteiger partial charge in [-0.2, -0.15) is 15.1 Å². The predicted molar refractivity (Wildman–Crippen MR) is 125 cm³/mol. The number of carbonyl (C=O) groups excluding carboxylic acids is 1. The standard InChI is InChI=1S/C24H24N4OS/c25-22-20(15-18-11-6-10-17-9-4-5-12-19(17)18)23(29)26-24-28(22)27-21(30-24)14-13-16-7-2-1-3-8-16/h4-6,9-12,15-16,25H,1-3,7-8,13-14H2. The zero-order valence-electron chi connectivity index (χ0n) is 16.8. The molecule has 2 aromatic rings. The Morgan fingerprint density at radius 2 is 1.90 bits per heavy atom. The van der Waals surface area contributed by atoms with E-state index >= 15 is 0 Å². The molecule has 2 aliphatic heterocycles. The summed E-state index contributed by atoms with van der Waals surface area (Å²) in [6.07, 6.45) is 10.5. The number of amides is 1. The largest absolute Gasteiger partial charge is 0.283 e. The van der Waals surface area contributed by atoms with Gasteiger partial charge in [-0.15, -0.1) is 0 Å². The Morgan fingerprint density at radius 3 is 2.77 bits per heavy atom. The highest BCUT2D eigenvalue weighted by Gasteiger charge is 2.35. The fourth-order valence-electron chi connectivity index (χ4n) is 4.47. The molecule has 1 amide bonds. The van der Waals surface area contributed by atoms with Gasteiger partial charge in [0, 0.05) is 0 Å². The number of nitrogens with zero attached hydrogens (tertiary/aromatic N) is 3. The second kappa shape index (κ2) is 8.19. The van der Waals surface area contributed by atoms with E-state index in [2.05, 4.69) is 10.1 Å². The minimum atomic E-state index is -0.365. The van der Waals surface area contributed by atoms with Crippen LogP contribution in [0.25, 0.3) is 16.8 Å². The highest BCUT2D eigenvalue weighted by Crippen LogP contribution is 2.33. The third-order valence-corrected chi connectivity index (χ3v) is 7.08. The number of benzene rings is 2. The molecule has 3 aliphatic rings. The van der Waals surface area contributed by atoms with Crippen LogP contribution in [0, 0.1) is 11.3 Å². The van der Waals surface area contributed by atoms with Gasteiger partial charge in [0.25, 0.3) is 5.91 Å². The molecule has 152 valence electrons. The van der Waals surface area contributed by atoms with Crippen molar-refractivity contribution in [3.05, 3.63) is 53.6 Å². The van der Waals surface area contributed by atoms with E-state index in [9.17, 15) is 4.79 Å². The maximum atomic E-state index is 12.7. The zero-order valence-corrected chi connectivity index (χ0v) is 17.6. The molecule has 0 spiro atoms. The number of carbonyl (C=O) groups is 1. The molecule has 30 heavy (non-hydrogen) atoms. The lowest BCUT2D eigenvalue weighted by Crippen LogP contribution is -2.35. The van der Waals surface area contributed by atoms with Gasteiger partial charge in [0.1, 0.15) is 5.04 Å². The maximum absolute atomic E-state index is 12.7. The van der Waals surface area contributed by atoms with Crippen molar-refractivity contribution in [1.29, 1.82) is 5.41 Å². The highest BCUT2D eigenvalue weighted by atomic mass is 32.2. The van der Waals surface area contributed by atoms with Crippen molar-refractivity contribution in [2.75, 3.05) is 0 Å². The number of thioether (sulfide) groups is 1. The fraction of sp³-hybridized carbons (Fsp3) is 0.333. The number of amidine groups is 2. The summed E-state index contributed by atoms with van der Waals surface area (Å²) in [5.74, 6) is 0.526. The first-order chi connectivity index (χ1) is 14.7. The molecule has 2 aromatic carbocycles. The fourth-order valence-corrected chi connectivity index (χ4v) is 5.37. The summed E-state index contributed by atoms with van der Waals surface area (Å²) in [5.41, 5.74) is 1.20. The lowest BCUT2D eigenvalue weighted by molar-refractivity contribution is -0.114. The molecule has 0 bridgehead atoms. The second-order valence-corrected chi connectivity index (χ2v) is 9.17. The van der Waals surface area contributed by atoms with Crippen molar-refractivity contribution >= 4 is 50.6 Å². The number of nitrogens with one attached hydrogen (secondary N) is 1. The van der Waals surface area contributed by atoms with Gasteiger partial charge in [-0.25, -0.2) is 0 Å². The Hall–Kier alpha value is -2.73. The molecule has 0 saturated heterocycles. The molecule has 5 nitrogen and oxygen atoms in total. The van der Waals surface area contributed by atoms with Crippen LogP contribution in [-0.4, -0.2) is 27.0 Å². The number of fused-ring (bicyclic) bond motifs is 2. The molecule has 1 N–H and O–H groups in total. The molecule has 0 unspecified atom stereocenters. The van der Waals surface area contributed by atoms with Crippen LogP contribution in [0.15, 0.2) is 58.1 Å². The number of hydrogen-bond acceptors (Lipinski definition) is 4. The average molecular weight is 417 g/mol. The second-order valence-electron chi connectivity index (χ2n) is 8.12. The van der Waals surface area contributed by atoms with E-state index in [1.165, 1.54) is 48.9 Å². The number of hydrogen-bond donors (Lipinski definition) is 1. The van der Waals surface area contributed by atoms with Gasteiger partial charge < -0.3 is 0 Å².